The Morgan fingerprint density at radius 3 is 2.37 bits per heavy atom. The van der Waals surface area contributed by atoms with Crippen LogP contribution in [-0.4, -0.2) is 68.6 Å². The van der Waals surface area contributed by atoms with Gasteiger partial charge in [0.25, 0.3) is 5.71 Å². The van der Waals surface area contributed by atoms with Crippen molar-refractivity contribution in [2.24, 2.45) is 11.1 Å². The summed E-state index contributed by atoms with van der Waals surface area (Å²) in [6.07, 6.45) is 3.71. The average Bonchev–Trinajstić information content (AvgIpc) is 3.90. The first-order chi connectivity index (χ1) is 19.8. The van der Waals surface area contributed by atoms with E-state index in [-0.39, 0.29) is 23.6 Å². The molecule has 2 aliphatic carbocycles. The number of esters is 1. The van der Waals surface area contributed by atoms with E-state index >= 15 is 0 Å². The van der Waals surface area contributed by atoms with Crippen LogP contribution in [0.4, 0.5) is 15.8 Å². The van der Waals surface area contributed by atoms with Crippen LogP contribution in [-0.2, 0) is 19.7 Å². The largest absolute Gasteiger partial charge is 0.497 e. The number of likely N-dealkylation sites (tertiary alicyclic amines) is 1. The van der Waals surface area contributed by atoms with Crippen LogP contribution in [0.25, 0.3) is 0 Å². The van der Waals surface area contributed by atoms with E-state index in [1.165, 1.54) is 5.56 Å². The Balaban J connectivity index is 1.32. The van der Waals surface area contributed by atoms with Crippen molar-refractivity contribution in [3.8, 4) is 5.75 Å². The van der Waals surface area contributed by atoms with E-state index in [1.54, 1.807) is 31.1 Å². The maximum Gasteiger partial charge on any atom is 0.354 e. The molecule has 0 bridgehead atoms. The van der Waals surface area contributed by atoms with Crippen molar-refractivity contribution in [1.29, 1.82) is 0 Å². The second-order valence-electron chi connectivity index (χ2n) is 11.9. The van der Waals surface area contributed by atoms with E-state index in [9.17, 15) is 14.0 Å². The van der Waals surface area contributed by atoms with Crippen LogP contribution in [0, 0.1) is 5.41 Å². The second-order valence-corrected chi connectivity index (χ2v) is 11.9. The van der Waals surface area contributed by atoms with Crippen LogP contribution >= 0.6 is 0 Å². The Morgan fingerprint density at radius 1 is 1.10 bits per heavy atom. The van der Waals surface area contributed by atoms with Crippen LogP contribution in [0.3, 0.4) is 0 Å². The van der Waals surface area contributed by atoms with E-state index in [0.29, 0.717) is 42.2 Å². The standard InChI is InChI=1S/C32H37FN4O4/c1-3-41-30(39)27(34)26-28(35-23-6-10-25(40-2)11-7-23)29(38)37(20-32(26)15-16-32)24-8-4-21(5-9-24)31(13-14-31)19-36-17-12-22(33)18-36/h4-11,22H,3,12-20,34H2,1-2H3/p+1/t22-/m1/s1. The van der Waals surface area contributed by atoms with E-state index in [0.717, 1.165) is 44.5 Å². The number of alkyl halides is 1. The van der Waals surface area contributed by atoms with Gasteiger partial charge in [-0.1, -0.05) is 12.1 Å². The number of carbonyl (C=O) groups excluding carboxylic acids is 2. The van der Waals surface area contributed by atoms with Crippen molar-refractivity contribution >= 4 is 29.0 Å². The summed E-state index contributed by atoms with van der Waals surface area (Å²) in [4.78, 5) is 34.2. The third kappa shape index (κ3) is 5.23. The van der Waals surface area contributed by atoms with Gasteiger partial charge in [-0.05, 0) is 68.9 Å². The number of hydrogen-bond donors (Lipinski definition) is 2. The van der Waals surface area contributed by atoms with Gasteiger partial charge in [-0.2, -0.15) is 0 Å². The maximum atomic E-state index is 14.1. The minimum Gasteiger partial charge on any atom is -0.497 e. The summed E-state index contributed by atoms with van der Waals surface area (Å²) in [6.45, 7) is 4.58. The highest BCUT2D eigenvalue weighted by molar-refractivity contribution is 6.49. The van der Waals surface area contributed by atoms with Crippen LogP contribution in [0.5, 0.6) is 5.75 Å². The fraction of sp³-hybridized carbons (Fsp3) is 0.469. The van der Waals surface area contributed by atoms with Crippen molar-refractivity contribution in [3.63, 3.8) is 0 Å². The number of nitrogens with zero attached hydrogens (tertiary/aromatic N) is 2. The van der Waals surface area contributed by atoms with E-state index in [2.05, 4.69) is 22.0 Å². The van der Waals surface area contributed by atoms with Gasteiger partial charge in [-0.3, -0.25) is 9.69 Å². The number of hydrogen-bond acceptors (Lipinski definition) is 6. The average molecular weight is 562 g/mol. The van der Waals surface area contributed by atoms with Crippen LogP contribution in [0.1, 0.15) is 44.6 Å². The third-order valence-corrected chi connectivity index (χ3v) is 9.06. The first-order valence-corrected chi connectivity index (χ1v) is 14.5. The molecule has 216 valence electrons. The Morgan fingerprint density at radius 2 is 1.80 bits per heavy atom. The Kier molecular flexibility index (Phi) is 7.09. The minimum absolute atomic E-state index is 0.0168. The predicted molar refractivity (Wildman–Crippen MR) is 154 cm³/mol. The van der Waals surface area contributed by atoms with Gasteiger partial charge in [0.1, 0.15) is 17.6 Å². The fourth-order valence-corrected chi connectivity index (χ4v) is 6.43. The van der Waals surface area contributed by atoms with Crippen LogP contribution in [0.15, 0.2) is 59.8 Å². The zero-order chi connectivity index (χ0) is 28.8. The summed E-state index contributed by atoms with van der Waals surface area (Å²) in [5.74, 6) is -0.166. The topological polar surface area (TPSA) is 99.1 Å². The van der Waals surface area contributed by atoms with Crippen molar-refractivity contribution < 1.29 is 28.4 Å². The van der Waals surface area contributed by atoms with Crippen molar-refractivity contribution in [2.75, 3.05) is 44.8 Å². The molecule has 2 saturated carbocycles. The molecule has 0 unspecified atom stereocenters. The van der Waals surface area contributed by atoms with Gasteiger partial charge in [0.15, 0.2) is 0 Å². The maximum absolute atomic E-state index is 14.1. The first kappa shape index (κ1) is 27.4. The number of benzene rings is 2. The lowest BCUT2D eigenvalue weighted by Gasteiger charge is -2.34. The van der Waals surface area contributed by atoms with Crippen molar-refractivity contribution in [2.45, 2.75) is 50.6 Å². The number of halogens is 1. The predicted octanol–water partition coefficient (Wildman–Crippen LogP) is 2.53. The summed E-state index contributed by atoms with van der Waals surface area (Å²) < 4.78 is 24.3. The molecule has 0 radical (unpaired) electrons. The molecular formula is C32H38FN4O4+. The zero-order valence-corrected chi connectivity index (χ0v) is 23.7. The number of nitrogens with two attached hydrogens (primary N) is 1. The summed E-state index contributed by atoms with van der Waals surface area (Å²) in [7, 11) is 1.60. The molecular weight excluding hydrogens is 523 g/mol. The fourth-order valence-electron chi connectivity index (χ4n) is 6.43. The highest BCUT2D eigenvalue weighted by atomic mass is 19.1. The minimum atomic E-state index is -0.721. The van der Waals surface area contributed by atoms with Crippen LogP contribution in [0.2, 0.25) is 0 Å². The molecule has 0 aromatic heterocycles. The van der Waals surface area contributed by atoms with Gasteiger partial charge in [-0.25, -0.2) is 14.2 Å². The molecule has 4 aliphatic rings. The van der Waals surface area contributed by atoms with Gasteiger partial charge in [0.2, 0.25) is 5.69 Å². The Bertz CT molecular complexity index is 1390. The van der Waals surface area contributed by atoms with Crippen molar-refractivity contribution in [1.82, 2.24) is 4.90 Å². The summed E-state index contributed by atoms with van der Waals surface area (Å²) in [6, 6.07) is 15.5. The zero-order valence-electron chi connectivity index (χ0n) is 23.7. The number of ether oxygens (including phenoxy) is 2. The molecule has 3 N–H and O–H groups in total. The first-order valence-electron chi connectivity index (χ1n) is 14.5. The molecule has 2 aliphatic heterocycles. The highest BCUT2D eigenvalue weighted by Gasteiger charge is 2.59. The lowest BCUT2D eigenvalue weighted by atomic mass is 9.84. The van der Waals surface area contributed by atoms with E-state index < -0.39 is 17.6 Å². The number of carbonyl (C=O) groups is 2. The highest BCUT2D eigenvalue weighted by Crippen LogP contribution is 2.56. The van der Waals surface area contributed by atoms with Gasteiger partial charge >= 0.3 is 11.9 Å². The van der Waals surface area contributed by atoms with E-state index in [4.69, 9.17) is 15.2 Å². The molecule has 41 heavy (non-hydrogen) atoms. The molecule has 2 aromatic carbocycles. The normalized spacial score (nSPS) is 25.0. The Hall–Kier alpha value is -3.72. The molecule has 6 rings (SSSR count). The molecule has 4 fully saturated rings. The molecule has 2 heterocycles. The SMILES string of the molecule is CCOC(=O)C(N)=C1C(=[NH+]c2ccc(OC)cc2)C(=O)N(c2ccc(C3(CN4CC[C@@H](F)C4)CC3)cc2)CC12CC2. The molecule has 8 nitrogen and oxygen atoms in total. The van der Waals surface area contributed by atoms with Gasteiger partial charge in [0, 0.05) is 54.8 Å². The van der Waals surface area contributed by atoms with Gasteiger partial charge < -0.3 is 20.1 Å². The third-order valence-electron chi connectivity index (χ3n) is 9.06. The molecule has 9 heteroatoms. The Labute approximate surface area is 240 Å². The van der Waals surface area contributed by atoms with Crippen LogP contribution < -0.4 is 20.4 Å². The molecule has 1 amide bonds. The quantitative estimate of drug-likeness (QED) is 0.380. The lowest BCUT2D eigenvalue weighted by Crippen LogP contribution is -2.73. The number of anilines is 1. The lowest BCUT2D eigenvalue weighted by molar-refractivity contribution is -0.353. The van der Waals surface area contributed by atoms with Gasteiger partial charge in [-0.15, -0.1) is 0 Å². The summed E-state index contributed by atoms with van der Waals surface area (Å²) in [5, 5.41) is 0. The molecule has 1 atom stereocenters. The number of rotatable bonds is 8. The second kappa shape index (κ2) is 10.6. The van der Waals surface area contributed by atoms with Gasteiger partial charge in [0.05, 0.1) is 19.3 Å². The smallest absolute Gasteiger partial charge is 0.354 e. The number of piperidine rings is 1. The number of nitrogens with one attached hydrogen (secondary N) is 1. The summed E-state index contributed by atoms with van der Waals surface area (Å²) >= 11 is 0. The van der Waals surface area contributed by atoms with E-state index in [1.807, 2.05) is 24.3 Å². The number of amides is 1. The molecule has 2 aromatic rings. The summed E-state index contributed by atoms with van der Waals surface area (Å²) in [5.41, 5.74) is 9.60. The monoisotopic (exact) mass is 561 g/mol. The molecule has 2 saturated heterocycles. The van der Waals surface area contributed by atoms with Crippen molar-refractivity contribution in [3.05, 3.63) is 65.4 Å². The number of methoxy groups -OCH3 is 1. The molecule has 1 spiro atoms.